The maximum absolute atomic E-state index is 11.4. The fourth-order valence-electron chi connectivity index (χ4n) is 1.90. The van der Waals surface area contributed by atoms with E-state index in [0.717, 1.165) is 57.9 Å². The maximum atomic E-state index is 11.4. The van der Waals surface area contributed by atoms with Crippen LogP contribution in [0.25, 0.3) is 0 Å². The number of hydrogen-bond donors (Lipinski definition) is 2. The summed E-state index contributed by atoms with van der Waals surface area (Å²) in [5, 5.41) is 6.36. The number of carbonyl (C=O) groups excluding carboxylic acids is 1. The SMILES string of the molecule is CCNC(=NCCCN1CCCC1=O)NCC.I. The van der Waals surface area contributed by atoms with Crippen molar-refractivity contribution in [2.45, 2.75) is 33.1 Å². The number of hydrogen-bond acceptors (Lipinski definition) is 2. The van der Waals surface area contributed by atoms with Crippen LogP contribution in [0.4, 0.5) is 0 Å². The van der Waals surface area contributed by atoms with Crippen LogP contribution in [-0.4, -0.2) is 49.5 Å². The third-order valence-corrected chi connectivity index (χ3v) is 2.72. The minimum Gasteiger partial charge on any atom is -0.357 e. The van der Waals surface area contributed by atoms with E-state index in [1.54, 1.807) is 0 Å². The zero-order valence-corrected chi connectivity index (χ0v) is 13.7. The Morgan fingerprint density at radius 1 is 1.33 bits per heavy atom. The predicted octanol–water partition coefficient (Wildman–Crippen LogP) is 1.19. The summed E-state index contributed by atoms with van der Waals surface area (Å²) in [4.78, 5) is 17.8. The summed E-state index contributed by atoms with van der Waals surface area (Å²) in [5.74, 6) is 1.16. The second-order valence-electron chi connectivity index (χ2n) is 4.13. The van der Waals surface area contributed by atoms with Gasteiger partial charge in [0.15, 0.2) is 5.96 Å². The average Bonchev–Trinajstić information content (AvgIpc) is 2.71. The van der Waals surface area contributed by atoms with Crippen molar-refractivity contribution in [2.75, 3.05) is 32.7 Å². The molecule has 1 saturated heterocycles. The van der Waals surface area contributed by atoms with Gasteiger partial charge in [0.05, 0.1) is 0 Å². The van der Waals surface area contributed by atoms with Crippen LogP contribution in [0.5, 0.6) is 0 Å². The number of halogens is 1. The van der Waals surface area contributed by atoms with Crippen LogP contribution in [0.2, 0.25) is 0 Å². The van der Waals surface area contributed by atoms with E-state index in [1.165, 1.54) is 0 Å². The summed E-state index contributed by atoms with van der Waals surface area (Å²) < 4.78 is 0. The molecule has 18 heavy (non-hydrogen) atoms. The molecule has 0 bridgehead atoms. The first-order valence-corrected chi connectivity index (χ1v) is 6.57. The maximum Gasteiger partial charge on any atom is 0.222 e. The van der Waals surface area contributed by atoms with E-state index in [1.807, 2.05) is 4.90 Å². The lowest BCUT2D eigenvalue weighted by Gasteiger charge is -2.14. The van der Waals surface area contributed by atoms with Crippen molar-refractivity contribution in [3.63, 3.8) is 0 Å². The highest BCUT2D eigenvalue weighted by Crippen LogP contribution is 2.09. The van der Waals surface area contributed by atoms with E-state index >= 15 is 0 Å². The van der Waals surface area contributed by atoms with Crippen molar-refractivity contribution < 1.29 is 4.79 Å². The fraction of sp³-hybridized carbons (Fsp3) is 0.833. The molecule has 0 aromatic heterocycles. The molecule has 0 aromatic carbocycles. The van der Waals surface area contributed by atoms with Crippen LogP contribution in [0.3, 0.4) is 0 Å². The van der Waals surface area contributed by atoms with E-state index in [2.05, 4.69) is 29.5 Å². The molecular weight excluding hydrogens is 343 g/mol. The lowest BCUT2D eigenvalue weighted by molar-refractivity contribution is -0.127. The van der Waals surface area contributed by atoms with Crippen LogP contribution < -0.4 is 10.6 Å². The van der Waals surface area contributed by atoms with Crippen molar-refractivity contribution >= 4 is 35.8 Å². The Labute approximate surface area is 127 Å². The lowest BCUT2D eigenvalue weighted by Crippen LogP contribution is -2.37. The number of carbonyl (C=O) groups is 1. The molecule has 0 radical (unpaired) electrons. The minimum atomic E-state index is 0. The molecular formula is C12H25IN4O. The fourth-order valence-corrected chi connectivity index (χ4v) is 1.90. The first-order valence-electron chi connectivity index (χ1n) is 6.57. The second-order valence-corrected chi connectivity index (χ2v) is 4.13. The van der Waals surface area contributed by atoms with E-state index < -0.39 is 0 Å². The Hall–Kier alpha value is -0.530. The van der Waals surface area contributed by atoms with E-state index in [0.29, 0.717) is 5.91 Å². The average molecular weight is 368 g/mol. The normalized spacial score (nSPS) is 14.1. The summed E-state index contributed by atoms with van der Waals surface area (Å²) in [6, 6.07) is 0. The molecule has 5 nitrogen and oxygen atoms in total. The second kappa shape index (κ2) is 10.4. The van der Waals surface area contributed by atoms with E-state index in [-0.39, 0.29) is 24.0 Å². The van der Waals surface area contributed by atoms with Crippen molar-refractivity contribution in [2.24, 2.45) is 4.99 Å². The van der Waals surface area contributed by atoms with Crippen LogP contribution >= 0.6 is 24.0 Å². The molecule has 0 aliphatic carbocycles. The van der Waals surface area contributed by atoms with Crippen LogP contribution in [-0.2, 0) is 4.79 Å². The van der Waals surface area contributed by atoms with Gasteiger partial charge in [-0.2, -0.15) is 0 Å². The molecule has 1 fully saturated rings. The molecule has 1 rings (SSSR count). The summed E-state index contributed by atoms with van der Waals surface area (Å²) >= 11 is 0. The highest BCUT2D eigenvalue weighted by Gasteiger charge is 2.18. The Kier molecular flexibility index (Phi) is 10.1. The molecule has 0 atom stereocenters. The number of likely N-dealkylation sites (tertiary alicyclic amines) is 1. The zero-order chi connectivity index (χ0) is 12.5. The van der Waals surface area contributed by atoms with Crippen LogP contribution in [0, 0.1) is 0 Å². The van der Waals surface area contributed by atoms with Crippen LogP contribution in [0.15, 0.2) is 4.99 Å². The Morgan fingerprint density at radius 3 is 2.50 bits per heavy atom. The van der Waals surface area contributed by atoms with Gasteiger partial charge in [0.2, 0.25) is 5.91 Å². The topological polar surface area (TPSA) is 56.7 Å². The van der Waals surface area contributed by atoms with E-state index in [9.17, 15) is 4.79 Å². The lowest BCUT2D eigenvalue weighted by atomic mass is 10.4. The number of amides is 1. The molecule has 1 aliphatic rings. The number of nitrogens with zero attached hydrogens (tertiary/aromatic N) is 2. The quantitative estimate of drug-likeness (QED) is 0.321. The number of guanidine groups is 1. The number of nitrogens with one attached hydrogen (secondary N) is 2. The summed E-state index contributed by atoms with van der Waals surface area (Å²) in [6.45, 7) is 8.38. The molecule has 106 valence electrons. The zero-order valence-electron chi connectivity index (χ0n) is 11.4. The molecule has 0 saturated carbocycles. The molecule has 2 N–H and O–H groups in total. The van der Waals surface area contributed by atoms with Crippen molar-refractivity contribution in [3.05, 3.63) is 0 Å². The van der Waals surface area contributed by atoms with Gasteiger partial charge in [0.1, 0.15) is 0 Å². The van der Waals surface area contributed by atoms with Gasteiger partial charge in [-0.1, -0.05) is 0 Å². The molecule has 1 heterocycles. The third kappa shape index (κ3) is 6.42. The van der Waals surface area contributed by atoms with Gasteiger partial charge < -0.3 is 15.5 Å². The van der Waals surface area contributed by atoms with E-state index in [4.69, 9.17) is 0 Å². The van der Waals surface area contributed by atoms with Crippen LogP contribution in [0.1, 0.15) is 33.1 Å². The highest BCUT2D eigenvalue weighted by atomic mass is 127. The molecule has 1 amide bonds. The largest absolute Gasteiger partial charge is 0.357 e. The van der Waals surface area contributed by atoms with Gasteiger partial charge in [-0.25, -0.2) is 0 Å². The smallest absolute Gasteiger partial charge is 0.222 e. The standard InChI is InChI=1S/C12H24N4O.HI/c1-3-13-12(14-4-2)15-8-6-10-16-9-5-7-11(16)17;/h3-10H2,1-2H3,(H2,13,14,15);1H. The van der Waals surface area contributed by atoms with Gasteiger partial charge in [-0.15, -0.1) is 24.0 Å². The van der Waals surface area contributed by atoms with Gasteiger partial charge in [0.25, 0.3) is 0 Å². The molecule has 6 heteroatoms. The molecule has 0 unspecified atom stereocenters. The van der Waals surface area contributed by atoms with Crippen molar-refractivity contribution in [3.8, 4) is 0 Å². The molecule has 0 aromatic rings. The Balaban J connectivity index is 0.00000289. The predicted molar refractivity (Wildman–Crippen MR) is 85.5 cm³/mol. The number of aliphatic imine (C=N–C) groups is 1. The van der Waals surface area contributed by atoms with Gasteiger partial charge >= 0.3 is 0 Å². The first-order chi connectivity index (χ1) is 8.27. The Bertz CT molecular complexity index is 263. The monoisotopic (exact) mass is 368 g/mol. The van der Waals surface area contributed by atoms with Gasteiger partial charge in [-0.05, 0) is 26.7 Å². The van der Waals surface area contributed by atoms with Crippen molar-refractivity contribution in [1.82, 2.24) is 15.5 Å². The first kappa shape index (κ1) is 17.5. The van der Waals surface area contributed by atoms with Gasteiger partial charge in [0, 0.05) is 39.1 Å². The summed E-state index contributed by atoms with van der Waals surface area (Å²) in [5.41, 5.74) is 0. The van der Waals surface area contributed by atoms with Gasteiger partial charge in [-0.3, -0.25) is 9.79 Å². The minimum absolute atomic E-state index is 0. The molecule has 1 aliphatic heterocycles. The molecule has 0 spiro atoms. The highest BCUT2D eigenvalue weighted by molar-refractivity contribution is 14.0. The Morgan fingerprint density at radius 2 is 2.00 bits per heavy atom. The third-order valence-electron chi connectivity index (χ3n) is 2.72. The summed E-state index contributed by atoms with van der Waals surface area (Å²) in [7, 11) is 0. The summed E-state index contributed by atoms with van der Waals surface area (Å²) in [6.07, 6.45) is 2.68. The van der Waals surface area contributed by atoms with Crippen molar-refractivity contribution in [1.29, 1.82) is 0 Å². The number of rotatable bonds is 6.